The molecule has 0 aliphatic rings. The molecule has 0 bridgehead atoms. The van der Waals surface area contributed by atoms with E-state index in [1.165, 1.54) is 5.56 Å². The van der Waals surface area contributed by atoms with Gasteiger partial charge in [-0.25, -0.2) is 0 Å². The fraction of sp³-hybridized carbons (Fsp3) is 0.308. The Balaban J connectivity index is 2.66. The second-order valence-corrected chi connectivity index (χ2v) is 5.34. The molecule has 0 radical (unpaired) electrons. The Labute approximate surface area is 108 Å². The Morgan fingerprint density at radius 1 is 1.47 bits per heavy atom. The summed E-state index contributed by atoms with van der Waals surface area (Å²) in [5, 5.41) is 10.0. The first kappa shape index (κ1) is 12.2. The third-order valence-electron chi connectivity index (χ3n) is 2.80. The summed E-state index contributed by atoms with van der Waals surface area (Å²) in [6, 6.07) is 5.93. The number of carboxylic acids is 1. The summed E-state index contributed by atoms with van der Waals surface area (Å²) in [4.78, 5) is 10.8. The van der Waals surface area contributed by atoms with Crippen molar-refractivity contribution in [3.63, 3.8) is 0 Å². The first-order valence-electron chi connectivity index (χ1n) is 5.49. The highest BCUT2D eigenvalue weighted by molar-refractivity contribution is 9.10. The molecule has 0 fully saturated rings. The van der Waals surface area contributed by atoms with E-state index in [1.807, 2.05) is 24.4 Å². The van der Waals surface area contributed by atoms with E-state index in [4.69, 9.17) is 5.11 Å². The van der Waals surface area contributed by atoms with Gasteiger partial charge in [0.1, 0.15) is 6.54 Å². The van der Waals surface area contributed by atoms with Crippen LogP contribution in [0.25, 0.3) is 10.9 Å². The van der Waals surface area contributed by atoms with Gasteiger partial charge in [0.25, 0.3) is 0 Å². The summed E-state index contributed by atoms with van der Waals surface area (Å²) in [6.07, 6.45) is 1.94. The zero-order chi connectivity index (χ0) is 12.6. The van der Waals surface area contributed by atoms with Gasteiger partial charge in [-0.05, 0) is 29.7 Å². The number of nitrogens with zero attached hydrogens (tertiary/aromatic N) is 1. The molecule has 0 aliphatic heterocycles. The highest BCUT2D eigenvalue weighted by Crippen LogP contribution is 2.29. The summed E-state index contributed by atoms with van der Waals surface area (Å²) < 4.78 is 2.80. The molecule has 0 amide bonds. The van der Waals surface area contributed by atoms with Gasteiger partial charge in [-0.3, -0.25) is 4.79 Å². The fourth-order valence-electron chi connectivity index (χ4n) is 2.03. The molecule has 0 atom stereocenters. The fourth-order valence-corrected chi connectivity index (χ4v) is 2.39. The SMILES string of the molecule is CC(C)c1cn(CC(=O)O)c2ccc(Br)cc12. The number of aliphatic carboxylic acids is 1. The van der Waals surface area contributed by atoms with Crippen LogP contribution >= 0.6 is 15.9 Å². The van der Waals surface area contributed by atoms with Crippen LogP contribution in [0.3, 0.4) is 0 Å². The van der Waals surface area contributed by atoms with Gasteiger partial charge in [-0.2, -0.15) is 0 Å². The second kappa shape index (κ2) is 4.53. The van der Waals surface area contributed by atoms with E-state index in [9.17, 15) is 4.79 Å². The number of rotatable bonds is 3. The smallest absolute Gasteiger partial charge is 0.323 e. The molecule has 0 saturated heterocycles. The van der Waals surface area contributed by atoms with Crippen LogP contribution in [0.5, 0.6) is 0 Å². The van der Waals surface area contributed by atoms with Crippen molar-refractivity contribution >= 4 is 32.8 Å². The van der Waals surface area contributed by atoms with Gasteiger partial charge in [0.2, 0.25) is 0 Å². The third kappa shape index (κ3) is 2.36. The summed E-state index contributed by atoms with van der Waals surface area (Å²) in [5.41, 5.74) is 2.15. The van der Waals surface area contributed by atoms with E-state index in [0.717, 1.165) is 15.4 Å². The van der Waals surface area contributed by atoms with E-state index in [1.54, 1.807) is 4.57 Å². The van der Waals surface area contributed by atoms with Crippen molar-refractivity contribution in [2.45, 2.75) is 26.3 Å². The minimum atomic E-state index is -0.819. The molecule has 1 N–H and O–H groups in total. The van der Waals surface area contributed by atoms with E-state index < -0.39 is 5.97 Å². The lowest BCUT2D eigenvalue weighted by molar-refractivity contribution is -0.137. The zero-order valence-electron chi connectivity index (χ0n) is 9.77. The Bertz CT molecular complexity index is 572. The maximum atomic E-state index is 10.8. The Kier molecular flexibility index (Phi) is 3.24. The standard InChI is InChI=1S/C13H14BrNO2/c1-8(2)11-6-15(7-13(16)17)12-4-3-9(14)5-10(11)12/h3-6,8H,7H2,1-2H3,(H,16,17). The number of hydrogen-bond donors (Lipinski definition) is 1. The predicted molar refractivity (Wildman–Crippen MR) is 71.4 cm³/mol. The van der Waals surface area contributed by atoms with E-state index in [-0.39, 0.29) is 6.54 Å². The maximum Gasteiger partial charge on any atom is 0.323 e. The van der Waals surface area contributed by atoms with Gasteiger partial charge in [-0.15, -0.1) is 0 Å². The highest BCUT2D eigenvalue weighted by atomic mass is 79.9. The highest BCUT2D eigenvalue weighted by Gasteiger charge is 2.13. The lowest BCUT2D eigenvalue weighted by Gasteiger charge is -2.01. The van der Waals surface area contributed by atoms with Gasteiger partial charge in [-0.1, -0.05) is 29.8 Å². The van der Waals surface area contributed by atoms with Gasteiger partial charge < -0.3 is 9.67 Å². The molecule has 1 aromatic carbocycles. The summed E-state index contributed by atoms with van der Waals surface area (Å²) in [5.74, 6) is -0.443. The van der Waals surface area contributed by atoms with E-state index in [0.29, 0.717) is 5.92 Å². The molecule has 90 valence electrons. The van der Waals surface area contributed by atoms with Crippen molar-refractivity contribution in [3.8, 4) is 0 Å². The monoisotopic (exact) mass is 295 g/mol. The third-order valence-corrected chi connectivity index (χ3v) is 3.29. The number of carboxylic acid groups (broad SMARTS) is 1. The van der Waals surface area contributed by atoms with Crippen molar-refractivity contribution in [2.24, 2.45) is 0 Å². The lowest BCUT2D eigenvalue weighted by Crippen LogP contribution is -2.07. The molecule has 0 saturated carbocycles. The van der Waals surface area contributed by atoms with Crippen LogP contribution in [0.2, 0.25) is 0 Å². The normalized spacial score (nSPS) is 11.3. The second-order valence-electron chi connectivity index (χ2n) is 4.42. The summed E-state index contributed by atoms with van der Waals surface area (Å²) >= 11 is 3.45. The Morgan fingerprint density at radius 2 is 2.18 bits per heavy atom. The number of hydrogen-bond acceptors (Lipinski definition) is 1. The Morgan fingerprint density at radius 3 is 2.76 bits per heavy atom. The van der Waals surface area contributed by atoms with Crippen LogP contribution in [0.4, 0.5) is 0 Å². The molecule has 1 heterocycles. The Hall–Kier alpha value is -1.29. The van der Waals surface area contributed by atoms with Crippen LogP contribution in [0, 0.1) is 0 Å². The number of halogens is 1. The molecule has 1 aromatic heterocycles. The van der Waals surface area contributed by atoms with E-state index >= 15 is 0 Å². The number of benzene rings is 1. The first-order valence-corrected chi connectivity index (χ1v) is 6.28. The van der Waals surface area contributed by atoms with Crippen molar-refractivity contribution in [1.29, 1.82) is 0 Å². The van der Waals surface area contributed by atoms with Crippen LogP contribution < -0.4 is 0 Å². The van der Waals surface area contributed by atoms with Crippen molar-refractivity contribution in [1.82, 2.24) is 4.57 Å². The van der Waals surface area contributed by atoms with E-state index in [2.05, 4.69) is 29.8 Å². The first-order chi connectivity index (χ1) is 7.99. The molecule has 0 spiro atoms. The number of aromatic nitrogens is 1. The van der Waals surface area contributed by atoms with Gasteiger partial charge in [0, 0.05) is 21.6 Å². The largest absolute Gasteiger partial charge is 0.480 e. The summed E-state index contributed by atoms with van der Waals surface area (Å²) in [6.45, 7) is 4.23. The van der Waals surface area contributed by atoms with Gasteiger partial charge in [0.05, 0.1) is 0 Å². The molecule has 0 unspecified atom stereocenters. The summed E-state index contributed by atoms with van der Waals surface area (Å²) in [7, 11) is 0. The lowest BCUT2D eigenvalue weighted by atomic mass is 10.0. The van der Waals surface area contributed by atoms with Crippen molar-refractivity contribution < 1.29 is 9.90 Å². The molecular formula is C13H14BrNO2. The average Bonchev–Trinajstić information content (AvgIpc) is 2.55. The van der Waals surface area contributed by atoms with Crippen molar-refractivity contribution in [3.05, 3.63) is 34.4 Å². The molecule has 3 nitrogen and oxygen atoms in total. The minimum absolute atomic E-state index is 0.00481. The maximum absolute atomic E-state index is 10.8. The molecule has 0 aliphatic carbocycles. The topological polar surface area (TPSA) is 42.2 Å². The number of fused-ring (bicyclic) bond motifs is 1. The predicted octanol–water partition coefficient (Wildman–Crippen LogP) is 3.61. The van der Waals surface area contributed by atoms with Gasteiger partial charge in [0.15, 0.2) is 0 Å². The quantitative estimate of drug-likeness (QED) is 0.940. The molecule has 17 heavy (non-hydrogen) atoms. The van der Waals surface area contributed by atoms with Crippen LogP contribution in [-0.2, 0) is 11.3 Å². The minimum Gasteiger partial charge on any atom is -0.480 e. The van der Waals surface area contributed by atoms with Gasteiger partial charge >= 0.3 is 5.97 Å². The van der Waals surface area contributed by atoms with Crippen molar-refractivity contribution in [2.75, 3.05) is 0 Å². The van der Waals surface area contributed by atoms with Crippen LogP contribution in [-0.4, -0.2) is 15.6 Å². The molecular weight excluding hydrogens is 282 g/mol. The molecule has 2 rings (SSSR count). The molecule has 2 aromatic rings. The average molecular weight is 296 g/mol. The molecule has 4 heteroatoms. The van der Waals surface area contributed by atoms with Crippen LogP contribution in [0.15, 0.2) is 28.9 Å². The van der Waals surface area contributed by atoms with Crippen LogP contribution in [0.1, 0.15) is 25.3 Å². The number of carbonyl (C=O) groups is 1. The zero-order valence-corrected chi connectivity index (χ0v) is 11.4.